The maximum Gasteiger partial charge on any atom is 0.258 e. The molecule has 0 saturated carbocycles. The zero-order chi connectivity index (χ0) is 37.1. The number of rotatable bonds is 11. The number of fused-ring (bicyclic) bond motifs is 4. The number of methoxy groups -OCH3 is 2. The molecule has 4 aromatic rings. The number of carbonyl (C=O) groups is 3. The molecule has 3 amide bonds. The van der Waals surface area contributed by atoms with Crippen molar-refractivity contribution in [2.75, 3.05) is 34.0 Å². The summed E-state index contributed by atoms with van der Waals surface area (Å²) in [6, 6.07) is 22.6. The van der Waals surface area contributed by atoms with E-state index in [1.807, 2.05) is 53.1 Å². The van der Waals surface area contributed by atoms with Gasteiger partial charge in [-0.15, -0.1) is 0 Å². The summed E-state index contributed by atoms with van der Waals surface area (Å²) in [4.78, 5) is 52.6. The van der Waals surface area contributed by atoms with Crippen LogP contribution in [0.15, 0.2) is 82.8 Å². The van der Waals surface area contributed by atoms with Gasteiger partial charge in [-0.1, -0.05) is 48.5 Å². The van der Waals surface area contributed by atoms with E-state index in [0.717, 1.165) is 17.5 Å². The van der Waals surface area contributed by atoms with Gasteiger partial charge in [-0.05, 0) is 60.9 Å². The third-order valence-corrected chi connectivity index (χ3v) is 9.94. The molecule has 3 aliphatic heterocycles. The predicted octanol–water partition coefficient (Wildman–Crippen LogP) is 5.48. The van der Waals surface area contributed by atoms with Crippen molar-refractivity contribution in [1.29, 1.82) is 0 Å². The van der Waals surface area contributed by atoms with E-state index in [-0.39, 0.29) is 49.4 Å². The Morgan fingerprint density at radius 3 is 2.25 bits per heavy atom. The minimum absolute atomic E-state index is 0.00161. The lowest BCUT2D eigenvalue weighted by Crippen LogP contribution is -2.44. The third kappa shape index (κ3) is 7.17. The largest absolute Gasteiger partial charge is 0.493 e. The number of aliphatic imine (C=N–C) groups is 2. The van der Waals surface area contributed by atoms with Crippen LogP contribution >= 0.6 is 0 Å². The van der Waals surface area contributed by atoms with Crippen LogP contribution in [-0.4, -0.2) is 86.5 Å². The van der Waals surface area contributed by atoms with Gasteiger partial charge in [-0.25, -0.2) is 0 Å². The Bertz CT molecular complexity index is 2110. The molecule has 0 aliphatic carbocycles. The lowest BCUT2D eigenvalue weighted by Gasteiger charge is -2.35. The number of nitrogens with one attached hydrogen (secondary N) is 1. The summed E-state index contributed by atoms with van der Waals surface area (Å²) in [5.74, 6) is 0.626. The molecule has 3 aliphatic rings. The van der Waals surface area contributed by atoms with Crippen molar-refractivity contribution in [2.45, 2.75) is 44.9 Å². The second kappa shape index (κ2) is 15.2. The fourth-order valence-electron chi connectivity index (χ4n) is 7.10. The molecule has 1 N–H and O–H groups in total. The van der Waals surface area contributed by atoms with Crippen LogP contribution in [0, 0.1) is 0 Å². The van der Waals surface area contributed by atoms with Crippen molar-refractivity contribution in [1.82, 2.24) is 15.1 Å². The second-order valence-corrected chi connectivity index (χ2v) is 13.2. The van der Waals surface area contributed by atoms with Gasteiger partial charge in [-0.3, -0.25) is 24.4 Å². The minimum Gasteiger partial charge on any atom is -0.493 e. The smallest absolute Gasteiger partial charge is 0.258 e. The highest BCUT2D eigenvalue weighted by Gasteiger charge is 2.34. The van der Waals surface area contributed by atoms with Crippen molar-refractivity contribution < 1.29 is 33.3 Å². The normalized spacial score (nSPS) is 17.0. The molecule has 272 valence electrons. The number of carbonyl (C=O) groups excluding carboxylic acids is 3. The van der Waals surface area contributed by atoms with Gasteiger partial charge >= 0.3 is 0 Å². The fraction of sp³-hybridized carbons (Fsp3) is 0.293. The number of benzene rings is 4. The SMILES string of the molecule is C=Nc1cc(OCCNC(=O)COc2cc3c(cc2OC)C(=O)N2Cc4ccccc4C[C@H]2C=N3)c(OC)cc1C(=O)N1Cc2ccccc2C[C@H]1C. The van der Waals surface area contributed by atoms with Gasteiger partial charge in [0.25, 0.3) is 17.7 Å². The lowest BCUT2D eigenvalue weighted by molar-refractivity contribution is -0.123. The Hall–Kier alpha value is -6.17. The molecule has 12 heteroatoms. The first kappa shape index (κ1) is 35.2. The van der Waals surface area contributed by atoms with E-state index < -0.39 is 5.91 Å². The first-order valence-corrected chi connectivity index (χ1v) is 17.5. The maximum absolute atomic E-state index is 13.8. The van der Waals surface area contributed by atoms with Crippen molar-refractivity contribution in [3.63, 3.8) is 0 Å². The molecule has 0 saturated heterocycles. The monoisotopic (exact) mass is 715 g/mol. The first-order chi connectivity index (χ1) is 25.8. The summed E-state index contributed by atoms with van der Waals surface area (Å²) >= 11 is 0. The summed E-state index contributed by atoms with van der Waals surface area (Å²) in [6.07, 6.45) is 3.24. The summed E-state index contributed by atoms with van der Waals surface area (Å²) < 4.78 is 22.9. The molecule has 0 radical (unpaired) electrons. The van der Waals surface area contributed by atoms with Crippen molar-refractivity contribution >= 4 is 42.0 Å². The Morgan fingerprint density at radius 2 is 1.53 bits per heavy atom. The fourth-order valence-corrected chi connectivity index (χ4v) is 7.10. The number of amides is 3. The average molecular weight is 716 g/mol. The van der Waals surface area contributed by atoms with Crippen molar-refractivity contribution in [3.8, 4) is 23.0 Å². The first-order valence-electron chi connectivity index (χ1n) is 17.5. The van der Waals surface area contributed by atoms with Crippen LogP contribution in [0.4, 0.5) is 11.4 Å². The van der Waals surface area contributed by atoms with Crippen LogP contribution in [0.2, 0.25) is 0 Å². The number of hydrogen-bond donors (Lipinski definition) is 1. The number of ether oxygens (including phenoxy) is 4. The predicted molar refractivity (Wildman–Crippen MR) is 201 cm³/mol. The molecule has 0 spiro atoms. The molecule has 2 atom stereocenters. The molecule has 7 rings (SSSR count). The van der Waals surface area contributed by atoms with E-state index in [2.05, 4.69) is 34.2 Å². The minimum atomic E-state index is -0.390. The molecular weight excluding hydrogens is 674 g/mol. The molecule has 53 heavy (non-hydrogen) atoms. The van der Waals surface area contributed by atoms with Gasteiger partial charge in [0.15, 0.2) is 29.6 Å². The summed E-state index contributed by atoms with van der Waals surface area (Å²) in [5, 5.41) is 2.78. The molecular formula is C41H41N5O7. The molecule has 12 nitrogen and oxygen atoms in total. The van der Waals surface area contributed by atoms with Crippen molar-refractivity contribution in [3.05, 3.63) is 106 Å². The number of nitrogens with zero attached hydrogens (tertiary/aromatic N) is 4. The zero-order valence-corrected chi connectivity index (χ0v) is 30.0. The Labute approximate surface area is 308 Å². The maximum atomic E-state index is 13.8. The van der Waals surface area contributed by atoms with E-state index in [4.69, 9.17) is 18.9 Å². The van der Waals surface area contributed by atoms with Crippen LogP contribution in [0.5, 0.6) is 23.0 Å². The average Bonchev–Trinajstić information content (AvgIpc) is 3.31. The van der Waals surface area contributed by atoms with Crippen LogP contribution in [0.1, 0.15) is 49.9 Å². The zero-order valence-electron chi connectivity index (χ0n) is 30.0. The standard InChI is InChI=1S/C41H41N5O7/c1-25-15-26-9-5-7-11-28(26)22-45(25)40(48)31-17-35(50-3)37(19-33(31)42-2)52-14-13-43-39(47)24-53-38-20-34-32(18-36(38)51-4)41(49)46-23-29-12-8-6-10-27(29)16-30(46)21-44-34/h5-12,17-21,25,30H,2,13-16,22-24H2,1,3-4H3,(H,43,47)/t25-,30+/m1/s1. The Balaban J connectivity index is 0.953. The summed E-state index contributed by atoms with van der Waals surface area (Å²) in [6.45, 7) is 6.67. The number of hydrogen-bond acceptors (Lipinski definition) is 9. The van der Waals surface area contributed by atoms with E-state index in [9.17, 15) is 14.4 Å². The van der Waals surface area contributed by atoms with E-state index >= 15 is 0 Å². The second-order valence-electron chi connectivity index (χ2n) is 13.2. The molecule has 0 bridgehead atoms. The Kier molecular flexibility index (Phi) is 10.1. The van der Waals surface area contributed by atoms with Gasteiger partial charge in [0.2, 0.25) is 0 Å². The topological polar surface area (TPSA) is 131 Å². The summed E-state index contributed by atoms with van der Waals surface area (Å²) in [5.41, 5.74) is 6.28. The van der Waals surface area contributed by atoms with Gasteiger partial charge < -0.3 is 34.1 Å². The van der Waals surface area contributed by atoms with E-state index in [0.29, 0.717) is 59.3 Å². The van der Waals surface area contributed by atoms with Crippen LogP contribution in [0.25, 0.3) is 0 Å². The van der Waals surface area contributed by atoms with E-state index in [1.165, 1.54) is 25.3 Å². The van der Waals surface area contributed by atoms with E-state index in [1.54, 1.807) is 30.5 Å². The molecule has 3 heterocycles. The molecule has 0 unspecified atom stereocenters. The van der Waals surface area contributed by atoms with Gasteiger partial charge in [-0.2, -0.15) is 0 Å². The van der Waals surface area contributed by atoms with Gasteiger partial charge in [0, 0.05) is 37.5 Å². The van der Waals surface area contributed by atoms with Crippen LogP contribution < -0.4 is 24.3 Å². The lowest BCUT2D eigenvalue weighted by atomic mass is 9.94. The highest BCUT2D eigenvalue weighted by atomic mass is 16.5. The van der Waals surface area contributed by atoms with Gasteiger partial charge in [0.05, 0.1) is 49.3 Å². The highest BCUT2D eigenvalue weighted by Crippen LogP contribution is 2.39. The molecule has 0 fully saturated rings. The van der Waals surface area contributed by atoms with Crippen LogP contribution in [0.3, 0.4) is 0 Å². The summed E-state index contributed by atoms with van der Waals surface area (Å²) in [7, 11) is 2.98. The molecule has 4 aromatic carbocycles. The quantitative estimate of drug-likeness (QED) is 0.161. The third-order valence-electron chi connectivity index (χ3n) is 9.94. The van der Waals surface area contributed by atoms with Gasteiger partial charge in [0.1, 0.15) is 6.61 Å². The Morgan fingerprint density at radius 1 is 0.868 bits per heavy atom. The molecule has 0 aromatic heterocycles. The van der Waals surface area contributed by atoms with Crippen LogP contribution in [-0.2, 0) is 30.7 Å². The van der Waals surface area contributed by atoms with Crippen molar-refractivity contribution in [2.24, 2.45) is 9.98 Å². The highest BCUT2D eigenvalue weighted by molar-refractivity contribution is 6.03.